The molecular weight excluding hydrogens is 653 g/mol. The van der Waals surface area contributed by atoms with E-state index in [1.54, 1.807) is 0 Å². The fourth-order valence-electron chi connectivity index (χ4n) is 8.99. The van der Waals surface area contributed by atoms with Crippen molar-refractivity contribution < 1.29 is 0 Å². The Labute approximate surface area is 313 Å². The molecule has 0 aliphatic heterocycles. The molecule has 0 radical (unpaired) electrons. The van der Waals surface area contributed by atoms with Crippen LogP contribution in [0.2, 0.25) is 0 Å². The van der Waals surface area contributed by atoms with Gasteiger partial charge in [0.25, 0.3) is 0 Å². The number of hydrogen-bond acceptors (Lipinski definition) is 2. The van der Waals surface area contributed by atoms with Gasteiger partial charge in [-0.25, -0.2) is 0 Å². The second-order valence-corrected chi connectivity index (χ2v) is 14.0. The summed E-state index contributed by atoms with van der Waals surface area (Å²) < 4.78 is 0. The van der Waals surface area contributed by atoms with E-state index in [0.717, 1.165) is 22.7 Å². The van der Waals surface area contributed by atoms with E-state index >= 15 is 0 Å². The van der Waals surface area contributed by atoms with E-state index in [1.165, 1.54) is 76.0 Å². The highest BCUT2D eigenvalue weighted by molar-refractivity contribution is 6.45. The molecule has 2 heteroatoms. The molecule has 0 bridgehead atoms. The van der Waals surface area contributed by atoms with Gasteiger partial charge in [-0.3, -0.25) is 0 Å². The molecule has 0 aliphatic rings. The number of rotatable bonds is 6. The first-order valence-corrected chi connectivity index (χ1v) is 18.6. The summed E-state index contributed by atoms with van der Waals surface area (Å²) in [4.78, 5) is 4.89. The van der Waals surface area contributed by atoms with Gasteiger partial charge in [0.2, 0.25) is 0 Å². The van der Waals surface area contributed by atoms with Gasteiger partial charge in [0.15, 0.2) is 0 Å². The fourth-order valence-corrected chi connectivity index (χ4v) is 8.99. The van der Waals surface area contributed by atoms with Crippen LogP contribution in [0.3, 0.4) is 0 Å². The molecular formula is C52H34N2. The molecule has 54 heavy (non-hydrogen) atoms. The fraction of sp³-hybridized carbons (Fsp3) is 0. The summed E-state index contributed by atoms with van der Waals surface area (Å²) >= 11 is 0. The van der Waals surface area contributed by atoms with Crippen molar-refractivity contribution in [3.8, 4) is 0 Å². The van der Waals surface area contributed by atoms with Crippen molar-refractivity contribution in [2.24, 2.45) is 0 Å². The molecule has 0 heterocycles. The third kappa shape index (κ3) is 4.47. The molecule has 11 aromatic rings. The van der Waals surface area contributed by atoms with Gasteiger partial charge < -0.3 is 9.80 Å². The molecule has 0 saturated heterocycles. The molecule has 0 spiro atoms. The molecule has 0 amide bonds. The molecule has 0 N–H and O–H groups in total. The highest BCUT2D eigenvalue weighted by Crippen LogP contribution is 2.54. The van der Waals surface area contributed by atoms with Crippen LogP contribution in [0.1, 0.15) is 0 Å². The SMILES string of the molecule is c1ccc(N(c2ccccc2)c2c3ccccc3c3c4cccc5c(N(c6ccccc6)c6ccccc6)c6ccccc6c(c6cccc2c63)c54)cc1. The maximum Gasteiger partial charge on any atom is 0.0619 e. The second kappa shape index (κ2) is 12.2. The summed E-state index contributed by atoms with van der Waals surface area (Å²) in [6.07, 6.45) is 0. The summed E-state index contributed by atoms with van der Waals surface area (Å²) in [6.45, 7) is 0. The Morgan fingerprint density at radius 2 is 0.426 bits per heavy atom. The third-order valence-electron chi connectivity index (χ3n) is 11.1. The molecule has 11 aromatic carbocycles. The minimum atomic E-state index is 1.13. The lowest BCUT2D eigenvalue weighted by Crippen LogP contribution is -2.12. The molecule has 0 aliphatic carbocycles. The molecule has 11 rings (SSSR count). The van der Waals surface area contributed by atoms with Crippen LogP contribution >= 0.6 is 0 Å². The average Bonchev–Trinajstić information content (AvgIpc) is 3.25. The lowest BCUT2D eigenvalue weighted by Gasteiger charge is -2.31. The van der Waals surface area contributed by atoms with E-state index in [1.807, 2.05) is 0 Å². The van der Waals surface area contributed by atoms with E-state index in [0.29, 0.717) is 0 Å². The van der Waals surface area contributed by atoms with Crippen LogP contribution in [-0.4, -0.2) is 0 Å². The number of benzene rings is 11. The third-order valence-corrected chi connectivity index (χ3v) is 11.1. The van der Waals surface area contributed by atoms with E-state index < -0.39 is 0 Å². The van der Waals surface area contributed by atoms with Gasteiger partial charge >= 0.3 is 0 Å². The van der Waals surface area contributed by atoms with Crippen molar-refractivity contribution in [1.82, 2.24) is 0 Å². The second-order valence-electron chi connectivity index (χ2n) is 14.0. The quantitative estimate of drug-likeness (QED) is 0.127. The van der Waals surface area contributed by atoms with E-state index in [-0.39, 0.29) is 0 Å². The maximum absolute atomic E-state index is 2.44. The smallest absolute Gasteiger partial charge is 0.0619 e. The van der Waals surface area contributed by atoms with Crippen molar-refractivity contribution in [3.63, 3.8) is 0 Å². The first-order chi connectivity index (χ1) is 26.9. The van der Waals surface area contributed by atoms with Gasteiger partial charge in [0.1, 0.15) is 0 Å². The summed E-state index contributed by atoms with van der Waals surface area (Å²) in [7, 11) is 0. The van der Waals surface area contributed by atoms with Crippen molar-refractivity contribution in [2.45, 2.75) is 0 Å². The zero-order valence-electron chi connectivity index (χ0n) is 29.5. The highest BCUT2D eigenvalue weighted by Gasteiger charge is 2.27. The molecule has 0 unspecified atom stereocenters. The maximum atomic E-state index is 2.44. The summed E-state index contributed by atoms with van der Waals surface area (Å²) in [5, 5.41) is 15.1. The first-order valence-electron chi connectivity index (χ1n) is 18.6. The number of anilines is 6. The Balaban J connectivity index is 1.36. The van der Waals surface area contributed by atoms with E-state index in [2.05, 4.69) is 216 Å². The van der Waals surface area contributed by atoms with Gasteiger partial charge in [-0.05, 0) is 80.8 Å². The number of nitrogens with zero attached hydrogens (tertiary/aromatic N) is 2. The molecule has 2 nitrogen and oxygen atoms in total. The number of hydrogen-bond donors (Lipinski definition) is 0. The molecule has 0 saturated carbocycles. The zero-order chi connectivity index (χ0) is 35.6. The van der Waals surface area contributed by atoms with Crippen LogP contribution in [0, 0.1) is 0 Å². The molecule has 0 fully saturated rings. The van der Waals surface area contributed by atoms with Crippen molar-refractivity contribution in [2.75, 3.05) is 9.80 Å². The Hall–Kier alpha value is -7.16. The highest BCUT2D eigenvalue weighted by atomic mass is 15.2. The van der Waals surface area contributed by atoms with Crippen LogP contribution in [-0.2, 0) is 0 Å². The Bertz CT molecular complexity index is 2840. The normalized spacial score (nSPS) is 11.7. The largest absolute Gasteiger partial charge is 0.309 e. The minimum Gasteiger partial charge on any atom is -0.309 e. The first kappa shape index (κ1) is 30.5. The lowest BCUT2D eigenvalue weighted by atomic mass is 9.83. The predicted molar refractivity (Wildman–Crippen MR) is 232 cm³/mol. The topological polar surface area (TPSA) is 6.48 Å². The van der Waals surface area contributed by atoms with Gasteiger partial charge in [-0.15, -0.1) is 0 Å². The Morgan fingerprint density at radius 1 is 0.185 bits per heavy atom. The molecule has 252 valence electrons. The summed E-state index contributed by atoms with van der Waals surface area (Å²) in [5.74, 6) is 0. The Morgan fingerprint density at radius 3 is 0.759 bits per heavy atom. The predicted octanol–water partition coefficient (Wildman–Crippen LogP) is 15.0. The molecule has 0 aromatic heterocycles. The van der Waals surface area contributed by atoms with E-state index in [4.69, 9.17) is 0 Å². The van der Waals surface area contributed by atoms with Crippen LogP contribution in [0.5, 0.6) is 0 Å². The minimum absolute atomic E-state index is 1.13. The number of para-hydroxylation sites is 4. The van der Waals surface area contributed by atoms with Crippen molar-refractivity contribution in [3.05, 3.63) is 206 Å². The van der Waals surface area contributed by atoms with Crippen LogP contribution < -0.4 is 9.80 Å². The van der Waals surface area contributed by atoms with E-state index in [9.17, 15) is 0 Å². The van der Waals surface area contributed by atoms with Gasteiger partial charge in [0, 0.05) is 55.1 Å². The van der Waals surface area contributed by atoms with Crippen LogP contribution in [0.4, 0.5) is 34.1 Å². The lowest BCUT2D eigenvalue weighted by molar-refractivity contribution is 1.31. The van der Waals surface area contributed by atoms with Gasteiger partial charge in [-0.2, -0.15) is 0 Å². The standard InChI is InChI=1S/C52H34N2/c1-5-19-35(20-6-1)53(36-21-7-2-8-22-36)51-41-29-15-13-27-39(41)47-44-32-18-34-46-50(44)48(43-31-17-33-45(51)49(43)47)40-28-14-16-30-42(40)52(46)54(37-23-9-3-10-24-37)38-25-11-4-12-26-38/h1-34H. The summed E-state index contributed by atoms with van der Waals surface area (Å²) in [5.41, 5.74) is 6.91. The number of fused-ring (bicyclic) bond motifs is 6. The van der Waals surface area contributed by atoms with Crippen LogP contribution in [0.25, 0.3) is 64.6 Å². The zero-order valence-corrected chi connectivity index (χ0v) is 29.5. The summed E-state index contributed by atoms with van der Waals surface area (Å²) in [6, 6.07) is 75.1. The Kier molecular flexibility index (Phi) is 6.90. The van der Waals surface area contributed by atoms with Gasteiger partial charge in [0.05, 0.1) is 11.4 Å². The van der Waals surface area contributed by atoms with Crippen molar-refractivity contribution >= 4 is 98.8 Å². The average molecular weight is 687 g/mol. The van der Waals surface area contributed by atoms with Crippen LogP contribution in [0.15, 0.2) is 206 Å². The van der Waals surface area contributed by atoms with Crippen molar-refractivity contribution in [1.29, 1.82) is 0 Å². The molecule has 0 atom stereocenters. The van der Waals surface area contributed by atoms with Gasteiger partial charge in [-0.1, -0.05) is 158 Å². The monoisotopic (exact) mass is 686 g/mol.